The van der Waals surface area contributed by atoms with Crippen molar-refractivity contribution in [3.8, 4) is 0 Å². The third-order valence-electron chi connectivity index (χ3n) is 3.52. The molecule has 2 rings (SSSR count). The highest BCUT2D eigenvalue weighted by Gasteiger charge is 2.30. The predicted molar refractivity (Wildman–Crippen MR) is 79.1 cm³/mol. The standard InChI is InChI=1S/C14H20N2O3S/c1-3-20(18,19)15-9-12-8-14(17)16(10-12)13-6-4-11(2)5-7-13/h4-7,12,15H,3,8-10H2,1-2H3/t12-/m1/s1. The normalized spacial score (nSPS) is 19.6. The second kappa shape index (κ2) is 5.93. The van der Waals surface area contributed by atoms with Crippen molar-refractivity contribution < 1.29 is 13.2 Å². The van der Waals surface area contributed by atoms with Gasteiger partial charge >= 0.3 is 0 Å². The van der Waals surface area contributed by atoms with Crippen LogP contribution in [0.4, 0.5) is 5.69 Å². The molecule has 1 atom stereocenters. The second-order valence-electron chi connectivity index (χ2n) is 5.16. The molecule has 0 bridgehead atoms. The van der Waals surface area contributed by atoms with Gasteiger partial charge in [0.1, 0.15) is 0 Å². The molecular weight excluding hydrogens is 276 g/mol. The Morgan fingerprint density at radius 2 is 1.95 bits per heavy atom. The number of rotatable bonds is 5. The Bertz CT molecular complexity index is 581. The first kappa shape index (κ1) is 15.0. The van der Waals surface area contributed by atoms with Crippen LogP contribution >= 0.6 is 0 Å². The summed E-state index contributed by atoms with van der Waals surface area (Å²) in [4.78, 5) is 13.7. The maximum Gasteiger partial charge on any atom is 0.227 e. The molecule has 110 valence electrons. The molecule has 1 heterocycles. The third kappa shape index (κ3) is 3.58. The number of aryl methyl sites for hydroxylation is 1. The maximum absolute atomic E-state index is 12.0. The van der Waals surface area contributed by atoms with Crippen molar-refractivity contribution in [1.29, 1.82) is 0 Å². The van der Waals surface area contributed by atoms with E-state index in [9.17, 15) is 13.2 Å². The molecule has 0 aliphatic carbocycles. The number of sulfonamides is 1. The molecule has 6 heteroatoms. The van der Waals surface area contributed by atoms with E-state index in [0.29, 0.717) is 19.5 Å². The smallest absolute Gasteiger partial charge is 0.227 e. The van der Waals surface area contributed by atoms with Gasteiger partial charge in [0.15, 0.2) is 0 Å². The third-order valence-corrected chi connectivity index (χ3v) is 4.89. The van der Waals surface area contributed by atoms with E-state index in [-0.39, 0.29) is 17.6 Å². The molecule has 1 fully saturated rings. The first-order valence-electron chi connectivity index (χ1n) is 6.75. The summed E-state index contributed by atoms with van der Waals surface area (Å²) in [6, 6.07) is 7.78. The van der Waals surface area contributed by atoms with E-state index in [1.54, 1.807) is 11.8 Å². The topological polar surface area (TPSA) is 66.5 Å². The SMILES string of the molecule is CCS(=O)(=O)NC[C@H]1CC(=O)N(c2ccc(C)cc2)C1. The summed E-state index contributed by atoms with van der Waals surface area (Å²) in [6.07, 6.45) is 0.389. The van der Waals surface area contributed by atoms with Gasteiger partial charge in [-0.15, -0.1) is 0 Å². The van der Waals surface area contributed by atoms with Gasteiger partial charge in [0, 0.05) is 25.2 Å². The van der Waals surface area contributed by atoms with Crippen LogP contribution < -0.4 is 9.62 Å². The lowest BCUT2D eigenvalue weighted by atomic mass is 10.1. The average molecular weight is 296 g/mol. The molecule has 1 aromatic rings. The van der Waals surface area contributed by atoms with Gasteiger partial charge in [-0.3, -0.25) is 4.79 Å². The number of nitrogens with one attached hydrogen (secondary N) is 1. The zero-order valence-electron chi connectivity index (χ0n) is 11.8. The number of carbonyl (C=O) groups excluding carboxylic acids is 1. The first-order chi connectivity index (χ1) is 9.41. The first-order valence-corrected chi connectivity index (χ1v) is 8.41. The summed E-state index contributed by atoms with van der Waals surface area (Å²) < 4.78 is 25.4. The molecule has 0 spiro atoms. The number of nitrogens with zero attached hydrogens (tertiary/aromatic N) is 1. The average Bonchev–Trinajstić information content (AvgIpc) is 2.79. The van der Waals surface area contributed by atoms with Gasteiger partial charge in [-0.1, -0.05) is 17.7 Å². The fourth-order valence-corrected chi connectivity index (χ4v) is 2.93. The van der Waals surface area contributed by atoms with E-state index >= 15 is 0 Å². The number of anilines is 1. The highest BCUT2D eigenvalue weighted by Crippen LogP contribution is 2.25. The molecule has 5 nitrogen and oxygen atoms in total. The number of carbonyl (C=O) groups is 1. The van der Waals surface area contributed by atoms with Gasteiger partial charge in [-0.25, -0.2) is 13.1 Å². The zero-order valence-corrected chi connectivity index (χ0v) is 12.6. The lowest BCUT2D eigenvalue weighted by Gasteiger charge is -2.17. The summed E-state index contributed by atoms with van der Waals surface area (Å²) in [5.41, 5.74) is 2.02. The minimum absolute atomic E-state index is 0.0325. The van der Waals surface area contributed by atoms with Crippen LogP contribution in [0.2, 0.25) is 0 Å². The van der Waals surface area contributed by atoms with Gasteiger partial charge in [-0.05, 0) is 31.9 Å². The fraction of sp³-hybridized carbons (Fsp3) is 0.500. The minimum Gasteiger partial charge on any atom is -0.312 e. The molecule has 1 aliphatic rings. The van der Waals surface area contributed by atoms with Crippen molar-refractivity contribution in [2.24, 2.45) is 5.92 Å². The van der Waals surface area contributed by atoms with E-state index in [2.05, 4.69) is 4.72 Å². The van der Waals surface area contributed by atoms with Crippen molar-refractivity contribution in [2.45, 2.75) is 20.3 Å². The van der Waals surface area contributed by atoms with Gasteiger partial charge in [0.25, 0.3) is 0 Å². The van der Waals surface area contributed by atoms with Crippen LogP contribution in [0, 0.1) is 12.8 Å². The molecule has 0 aromatic heterocycles. The summed E-state index contributed by atoms with van der Waals surface area (Å²) in [5, 5.41) is 0. The van der Waals surface area contributed by atoms with E-state index in [1.165, 1.54) is 0 Å². The van der Waals surface area contributed by atoms with Crippen LogP contribution in [-0.4, -0.2) is 33.2 Å². The quantitative estimate of drug-likeness (QED) is 0.890. The lowest BCUT2D eigenvalue weighted by Crippen LogP contribution is -2.32. The molecular formula is C14H20N2O3S. The van der Waals surface area contributed by atoms with Gasteiger partial charge in [-0.2, -0.15) is 0 Å². The Kier molecular flexibility index (Phi) is 4.45. The summed E-state index contributed by atoms with van der Waals surface area (Å²) in [5.74, 6) is 0.148. The largest absolute Gasteiger partial charge is 0.312 e. The molecule has 1 amide bonds. The summed E-state index contributed by atoms with van der Waals surface area (Å²) in [6.45, 7) is 4.48. The lowest BCUT2D eigenvalue weighted by molar-refractivity contribution is -0.117. The van der Waals surface area contributed by atoms with Crippen LogP contribution in [0.15, 0.2) is 24.3 Å². The van der Waals surface area contributed by atoms with E-state index in [0.717, 1.165) is 11.3 Å². The van der Waals surface area contributed by atoms with E-state index < -0.39 is 10.0 Å². The minimum atomic E-state index is -3.19. The summed E-state index contributed by atoms with van der Waals surface area (Å²) in [7, 11) is -3.19. The van der Waals surface area contributed by atoms with Crippen LogP contribution in [0.5, 0.6) is 0 Å². The number of amides is 1. The molecule has 1 saturated heterocycles. The van der Waals surface area contributed by atoms with Crippen molar-refractivity contribution in [2.75, 3.05) is 23.7 Å². The molecule has 0 unspecified atom stereocenters. The molecule has 0 radical (unpaired) electrons. The fourth-order valence-electron chi connectivity index (χ4n) is 2.24. The number of benzene rings is 1. The van der Waals surface area contributed by atoms with Crippen molar-refractivity contribution in [3.05, 3.63) is 29.8 Å². The zero-order chi connectivity index (χ0) is 14.8. The number of hydrogen-bond donors (Lipinski definition) is 1. The molecule has 0 saturated carbocycles. The number of hydrogen-bond acceptors (Lipinski definition) is 3. The molecule has 1 aliphatic heterocycles. The van der Waals surface area contributed by atoms with Gasteiger partial charge < -0.3 is 4.90 Å². The van der Waals surface area contributed by atoms with Crippen LogP contribution in [0.3, 0.4) is 0 Å². The Morgan fingerprint density at radius 3 is 2.55 bits per heavy atom. The van der Waals surface area contributed by atoms with Gasteiger partial charge in [0.05, 0.1) is 5.75 Å². The van der Waals surface area contributed by atoms with Crippen molar-refractivity contribution >= 4 is 21.6 Å². The predicted octanol–water partition coefficient (Wildman–Crippen LogP) is 1.29. The van der Waals surface area contributed by atoms with Gasteiger partial charge in [0.2, 0.25) is 15.9 Å². The highest BCUT2D eigenvalue weighted by atomic mass is 32.2. The maximum atomic E-state index is 12.0. The molecule has 20 heavy (non-hydrogen) atoms. The molecule has 1 aromatic carbocycles. The highest BCUT2D eigenvalue weighted by molar-refractivity contribution is 7.89. The Morgan fingerprint density at radius 1 is 1.30 bits per heavy atom. The second-order valence-corrected chi connectivity index (χ2v) is 7.26. The van der Waals surface area contributed by atoms with Crippen LogP contribution in [-0.2, 0) is 14.8 Å². The Hall–Kier alpha value is -1.40. The van der Waals surface area contributed by atoms with Crippen molar-refractivity contribution in [1.82, 2.24) is 4.72 Å². The molecule has 1 N–H and O–H groups in total. The Balaban J connectivity index is 1.99. The van der Waals surface area contributed by atoms with Crippen LogP contribution in [0.1, 0.15) is 18.9 Å². The van der Waals surface area contributed by atoms with E-state index in [4.69, 9.17) is 0 Å². The van der Waals surface area contributed by atoms with Crippen molar-refractivity contribution in [3.63, 3.8) is 0 Å². The monoisotopic (exact) mass is 296 g/mol. The van der Waals surface area contributed by atoms with E-state index in [1.807, 2.05) is 31.2 Å². The van der Waals surface area contributed by atoms with Crippen LogP contribution in [0.25, 0.3) is 0 Å². The summed E-state index contributed by atoms with van der Waals surface area (Å²) >= 11 is 0. The Labute approximate surface area is 120 Å².